The van der Waals surface area contributed by atoms with Gasteiger partial charge in [-0.1, -0.05) is 0 Å². The number of hydrogen-bond donors (Lipinski definition) is 1. The summed E-state index contributed by atoms with van der Waals surface area (Å²) in [5.74, 6) is 0. The average Bonchev–Trinajstić information content (AvgIpc) is 2.62. The molecule has 2 heterocycles. The molecule has 1 N–H and O–H groups in total. The van der Waals surface area contributed by atoms with Gasteiger partial charge in [0.2, 0.25) is 10.0 Å². The number of morpholine rings is 1. The number of hydrogen-bond acceptors (Lipinski definition) is 5. The number of rotatable bonds is 3. The van der Waals surface area contributed by atoms with E-state index < -0.39 is 16.1 Å². The molecular formula is C12H21N3O4S. The molecular weight excluding hydrogens is 282 g/mol. The standard InChI is InChI=1S/C12H21N3O4S/c1-8-5-15(6-11(7-16)19-8)20(17,18)12-9(2)13-14(4)10(12)3/h8,11,16H,5-7H2,1-4H3. The summed E-state index contributed by atoms with van der Waals surface area (Å²) >= 11 is 0. The summed E-state index contributed by atoms with van der Waals surface area (Å²) in [6.45, 7) is 5.48. The van der Waals surface area contributed by atoms with Crippen molar-refractivity contribution in [3.63, 3.8) is 0 Å². The van der Waals surface area contributed by atoms with Crippen molar-refractivity contribution in [1.82, 2.24) is 14.1 Å². The molecule has 0 radical (unpaired) electrons. The molecule has 1 aromatic rings. The SMILES string of the molecule is Cc1nn(C)c(C)c1S(=O)(=O)N1CC(C)OC(CO)C1. The quantitative estimate of drug-likeness (QED) is 0.836. The lowest BCUT2D eigenvalue weighted by Gasteiger charge is -2.35. The van der Waals surface area contributed by atoms with Gasteiger partial charge in [0.1, 0.15) is 4.90 Å². The predicted molar refractivity (Wildman–Crippen MR) is 72.9 cm³/mol. The number of aryl methyl sites for hydroxylation is 2. The lowest BCUT2D eigenvalue weighted by Crippen LogP contribution is -2.50. The molecule has 7 nitrogen and oxygen atoms in total. The zero-order valence-electron chi connectivity index (χ0n) is 12.2. The molecule has 1 aromatic heterocycles. The highest BCUT2D eigenvalue weighted by atomic mass is 32.2. The van der Waals surface area contributed by atoms with Gasteiger partial charge in [0.15, 0.2) is 0 Å². The maximum Gasteiger partial charge on any atom is 0.246 e. The van der Waals surface area contributed by atoms with Crippen LogP contribution in [-0.2, 0) is 21.8 Å². The molecule has 20 heavy (non-hydrogen) atoms. The largest absolute Gasteiger partial charge is 0.394 e. The summed E-state index contributed by atoms with van der Waals surface area (Å²) in [7, 11) is -1.90. The molecule has 2 rings (SSSR count). The Balaban J connectivity index is 2.39. The van der Waals surface area contributed by atoms with Crippen LogP contribution in [0.3, 0.4) is 0 Å². The van der Waals surface area contributed by atoms with E-state index in [9.17, 15) is 13.5 Å². The van der Waals surface area contributed by atoms with E-state index >= 15 is 0 Å². The third-order valence-corrected chi connectivity index (χ3v) is 5.62. The molecule has 0 aromatic carbocycles. The smallest absolute Gasteiger partial charge is 0.246 e. The molecule has 0 aliphatic carbocycles. The lowest BCUT2D eigenvalue weighted by atomic mass is 10.2. The van der Waals surface area contributed by atoms with Gasteiger partial charge in [0.05, 0.1) is 30.2 Å². The fraction of sp³-hybridized carbons (Fsp3) is 0.750. The second-order valence-corrected chi connectivity index (χ2v) is 7.07. The summed E-state index contributed by atoms with van der Waals surface area (Å²) in [6.07, 6.45) is -0.723. The fourth-order valence-corrected chi connectivity index (χ4v) is 4.50. The van der Waals surface area contributed by atoms with Crippen LogP contribution in [0.1, 0.15) is 18.3 Å². The first-order valence-corrected chi connectivity index (χ1v) is 7.98. The van der Waals surface area contributed by atoms with Crippen molar-refractivity contribution >= 4 is 10.0 Å². The molecule has 8 heteroatoms. The van der Waals surface area contributed by atoms with Crippen LogP contribution in [0.2, 0.25) is 0 Å². The molecule has 1 saturated heterocycles. The van der Waals surface area contributed by atoms with Gasteiger partial charge in [-0.05, 0) is 20.8 Å². The Bertz CT molecular complexity index is 596. The number of aromatic nitrogens is 2. The molecule has 114 valence electrons. The van der Waals surface area contributed by atoms with Crippen molar-refractivity contribution in [3.05, 3.63) is 11.4 Å². The van der Waals surface area contributed by atoms with Crippen molar-refractivity contribution in [2.24, 2.45) is 7.05 Å². The van der Waals surface area contributed by atoms with Crippen LogP contribution in [-0.4, -0.2) is 59.5 Å². The van der Waals surface area contributed by atoms with E-state index in [4.69, 9.17) is 4.74 Å². The predicted octanol–water partition coefficient (Wildman–Crippen LogP) is -0.193. The van der Waals surface area contributed by atoms with E-state index in [0.29, 0.717) is 11.4 Å². The minimum absolute atomic E-state index is 0.164. The maximum atomic E-state index is 12.8. The summed E-state index contributed by atoms with van der Waals surface area (Å²) in [5, 5.41) is 13.4. The Labute approximate surface area is 119 Å². The minimum Gasteiger partial charge on any atom is -0.394 e. The number of aliphatic hydroxyl groups is 1. The first kappa shape index (κ1) is 15.4. The van der Waals surface area contributed by atoms with Crippen LogP contribution in [0.5, 0.6) is 0 Å². The Kier molecular flexibility index (Phi) is 4.19. The number of ether oxygens (including phenoxy) is 1. The zero-order chi connectivity index (χ0) is 15.1. The van der Waals surface area contributed by atoms with Crippen molar-refractivity contribution in [1.29, 1.82) is 0 Å². The third-order valence-electron chi connectivity index (χ3n) is 3.54. The minimum atomic E-state index is -3.62. The van der Waals surface area contributed by atoms with Gasteiger partial charge in [0, 0.05) is 20.1 Å². The van der Waals surface area contributed by atoms with Gasteiger partial charge in [-0.15, -0.1) is 0 Å². The van der Waals surface area contributed by atoms with E-state index in [1.54, 1.807) is 32.5 Å². The number of sulfonamides is 1. The zero-order valence-corrected chi connectivity index (χ0v) is 13.0. The second kappa shape index (κ2) is 5.44. The van der Waals surface area contributed by atoms with Crippen molar-refractivity contribution < 1.29 is 18.3 Å². The molecule has 1 aliphatic heterocycles. The van der Waals surface area contributed by atoms with Gasteiger partial charge >= 0.3 is 0 Å². The molecule has 2 atom stereocenters. The van der Waals surface area contributed by atoms with Crippen molar-refractivity contribution in [3.8, 4) is 0 Å². The van der Waals surface area contributed by atoms with Crippen LogP contribution in [0.25, 0.3) is 0 Å². The lowest BCUT2D eigenvalue weighted by molar-refractivity contribution is -0.0750. The van der Waals surface area contributed by atoms with Crippen LogP contribution < -0.4 is 0 Å². The van der Waals surface area contributed by atoms with Gasteiger partial charge in [0.25, 0.3) is 0 Å². The third kappa shape index (κ3) is 2.60. The maximum absolute atomic E-state index is 12.8. The van der Waals surface area contributed by atoms with Gasteiger partial charge < -0.3 is 9.84 Å². The molecule has 0 bridgehead atoms. The van der Waals surface area contributed by atoms with Gasteiger partial charge in [-0.2, -0.15) is 9.40 Å². The fourth-order valence-electron chi connectivity index (χ4n) is 2.56. The molecule has 0 amide bonds. The Morgan fingerprint density at radius 2 is 2.05 bits per heavy atom. The van der Waals surface area contributed by atoms with Crippen LogP contribution in [0.15, 0.2) is 4.90 Å². The topological polar surface area (TPSA) is 84.7 Å². The highest BCUT2D eigenvalue weighted by Crippen LogP contribution is 2.25. The van der Waals surface area contributed by atoms with Crippen LogP contribution >= 0.6 is 0 Å². The first-order valence-electron chi connectivity index (χ1n) is 6.54. The first-order chi connectivity index (χ1) is 9.27. The van der Waals surface area contributed by atoms with E-state index in [1.165, 1.54) is 4.31 Å². The summed E-state index contributed by atoms with van der Waals surface area (Å²) in [6, 6.07) is 0. The summed E-state index contributed by atoms with van der Waals surface area (Å²) in [5.41, 5.74) is 1.10. The van der Waals surface area contributed by atoms with Crippen molar-refractivity contribution in [2.45, 2.75) is 37.9 Å². The monoisotopic (exact) mass is 303 g/mol. The molecule has 1 aliphatic rings. The van der Waals surface area contributed by atoms with E-state index in [1.807, 2.05) is 0 Å². The van der Waals surface area contributed by atoms with E-state index in [-0.39, 0.29) is 30.7 Å². The number of nitrogens with zero attached hydrogens (tertiary/aromatic N) is 3. The number of aliphatic hydroxyl groups excluding tert-OH is 1. The highest BCUT2D eigenvalue weighted by Gasteiger charge is 2.36. The van der Waals surface area contributed by atoms with Crippen molar-refractivity contribution in [2.75, 3.05) is 19.7 Å². The van der Waals surface area contributed by atoms with E-state index in [0.717, 1.165) is 0 Å². The Hall–Kier alpha value is -0.960. The molecule has 0 spiro atoms. The second-order valence-electron chi connectivity index (χ2n) is 5.20. The van der Waals surface area contributed by atoms with E-state index in [2.05, 4.69) is 5.10 Å². The Morgan fingerprint density at radius 1 is 1.40 bits per heavy atom. The highest BCUT2D eigenvalue weighted by molar-refractivity contribution is 7.89. The van der Waals surface area contributed by atoms with Gasteiger partial charge in [-0.3, -0.25) is 4.68 Å². The molecule has 0 saturated carbocycles. The normalized spacial score (nSPS) is 25.1. The Morgan fingerprint density at radius 3 is 2.55 bits per heavy atom. The summed E-state index contributed by atoms with van der Waals surface area (Å²) in [4.78, 5) is 0.255. The molecule has 1 fully saturated rings. The van der Waals surface area contributed by atoms with Crippen LogP contribution in [0.4, 0.5) is 0 Å². The average molecular weight is 303 g/mol. The van der Waals surface area contributed by atoms with Gasteiger partial charge in [-0.25, -0.2) is 8.42 Å². The summed E-state index contributed by atoms with van der Waals surface area (Å²) < 4.78 is 34.0. The molecule has 2 unspecified atom stereocenters. The van der Waals surface area contributed by atoms with Crippen LogP contribution in [0, 0.1) is 13.8 Å².